The second-order valence-electron chi connectivity index (χ2n) is 2.83. The molecule has 0 radical (unpaired) electrons. The number of carboxylic acid groups (broad SMARTS) is 1. The van der Waals surface area contributed by atoms with Gasteiger partial charge in [0.2, 0.25) is 0 Å². The third-order valence-corrected chi connectivity index (χ3v) is 2.31. The molecule has 1 aromatic rings. The number of hydrogen-bond donors (Lipinski definition) is 2. The largest absolute Gasteiger partial charge is 0.480 e. The number of halogens is 2. The number of hydrogen-bond acceptors (Lipinski definition) is 2. The Labute approximate surface area is 89.0 Å². The van der Waals surface area contributed by atoms with Crippen LogP contribution < -0.4 is 5.54 Å². The molecule has 14 heavy (non-hydrogen) atoms. The predicted molar refractivity (Wildman–Crippen MR) is 53.5 cm³/mol. The van der Waals surface area contributed by atoms with Crippen molar-refractivity contribution < 1.29 is 14.4 Å². The highest BCUT2D eigenvalue weighted by Gasteiger charge is 2.16. The smallest absolute Gasteiger partial charge is 0.323 e. The van der Waals surface area contributed by atoms with E-state index < -0.39 is 12.0 Å². The van der Waals surface area contributed by atoms with Gasteiger partial charge in [-0.05, 0) is 17.7 Å². The first-order valence-electron chi connectivity index (χ1n) is 3.97. The average molecular weight is 262 g/mol. The van der Waals surface area contributed by atoms with Crippen LogP contribution in [0.15, 0.2) is 28.7 Å². The third kappa shape index (κ3) is 3.08. The highest BCUT2D eigenvalue weighted by atomic mass is 79.9. The Kier molecular flexibility index (Phi) is 4.03. The molecular formula is C9H9BrFNO2. The molecule has 0 bridgehead atoms. The molecule has 1 unspecified atom stereocenters. The topological polar surface area (TPSA) is 49.3 Å². The van der Waals surface area contributed by atoms with Crippen molar-refractivity contribution in [3.05, 3.63) is 34.3 Å². The molecule has 0 saturated heterocycles. The van der Waals surface area contributed by atoms with Crippen molar-refractivity contribution in [3.8, 4) is 0 Å². The Morgan fingerprint density at radius 1 is 1.50 bits per heavy atom. The molecule has 0 aliphatic rings. The SMILES string of the molecule is O=C(O)C(Cc1ccc(Br)cc1)NF. The Morgan fingerprint density at radius 2 is 2.07 bits per heavy atom. The minimum absolute atomic E-state index is 0.124. The molecule has 0 aromatic heterocycles. The molecule has 76 valence electrons. The molecule has 1 rings (SSSR count). The molecule has 3 nitrogen and oxygen atoms in total. The van der Waals surface area contributed by atoms with Crippen LogP contribution in [0.3, 0.4) is 0 Å². The number of carboxylic acids is 1. The van der Waals surface area contributed by atoms with Gasteiger partial charge in [0.1, 0.15) is 6.04 Å². The van der Waals surface area contributed by atoms with Gasteiger partial charge in [0, 0.05) is 10.9 Å². The van der Waals surface area contributed by atoms with Gasteiger partial charge in [-0.15, -0.1) is 10.0 Å². The molecule has 5 heteroatoms. The summed E-state index contributed by atoms with van der Waals surface area (Å²) in [4.78, 5) is 10.5. The maximum atomic E-state index is 12.0. The van der Waals surface area contributed by atoms with Crippen LogP contribution in [-0.2, 0) is 11.2 Å². The van der Waals surface area contributed by atoms with E-state index in [9.17, 15) is 9.28 Å². The van der Waals surface area contributed by atoms with Gasteiger partial charge in [-0.25, -0.2) is 0 Å². The molecule has 1 aromatic carbocycles. The van der Waals surface area contributed by atoms with Crippen LogP contribution in [0.5, 0.6) is 0 Å². The lowest BCUT2D eigenvalue weighted by molar-refractivity contribution is -0.140. The van der Waals surface area contributed by atoms with Crippen molar-refractivity contribution >= 4 is 21.9 Å². The maximum Gasteiger partial charge on any atom is 0.323 e. The highest BCUT2D eigenvalue weighted by Crippen LogP contribution is 2.12. The van der Waals surface area contributed by atoms with Crippen molar-refractivity contribution in [3.63, 3.8) is 0 Å². The van der Waals surface area contributed by atoms with Gasteiger partial charge in [-0.3, -0.25) is 4.79 Å². The van der Waals surface area contributed by atoms with E-state index in [2.05, 4.69) is 15.9 Å². The van der Waals surface area contributed by atoms with Crippen molar-refractivity contribution in [2.45, 2.75) is 12.5 Å². The van der Waals surface area contributed by atoms with Gasteiger partial charge in [0.05, 0.1) is 0 Å². The minimum Gasteiger partial charge on any atom is -0.480 e. The lowest BCUT2D eigenvalue weighted by Gasteiger charge is -2.08. The van der Waals surface area contributed by atoms with E-state index in [0.717, 1.165) is 10.0 Å². The highest BCUT2D eigenvalue weighted by molar-refractivity contribution is 9.10. The van der Waals surface area contributed by atoms with E-state index in [1.165, 1.54) is 5.54 Å². The zero-order valence-corrected chi connectivity index (χ0v) is 8.79. The lowest BCUT2D eigenvalue weighted by atomic mass is 10.1. The summed E-state index contributed by atoms with van der Waals surface area (Å²) in [7, 11) is 0. The van der Waals surface area contributed by atoms with E-state index in [1.54, 1.807) is 24.3 Å². The predicted octanol–water partition coefficient (Wildman–Crippen LogP) is 1.92. The summed E-state index contributed by atoms with van der Waals surface area (Å²) >= 11 is 3.25. The molecule has 0 fully saturated rings. The van der Waals surface area contributed by atoms with E-state index in [4.69, 9.17) is 5.11 Å². The first kappa shape index (κ1) is 11.1. The zero-order chi connectivity index (χ0) is 10.6. The van der Waals surface area contributed by atoms with Crippen LogP contribution in [0.2, 0.25) is 0 Å². The first-order chi connectivity index (χ1) is 6.63. The summed E-state index contributed by atoms with van der Waals surface area (Å²) in [6, 6.07) is 5.88. The Morgan fingerprint density at radius 3 is 2.50 bits per heavy atom. The number of rotatable bonds is 4. The Bertz CT molecular complexity index is 315. The van der Waals surface area contributed by atoms with Crippen LogP contribution in [0.1, 0.15) is 5.56 Å². The quantitative estimate of drug-likeness (QED) is 0.815. The minimum atomic E-state index is -1.20. The van der Waals surface area contributed by atoms with E-state index in [0.29, 0.717) is 0 Å². The zero-order valence-electron chi connectivity index (χ0n) is 7.21. The average Bonchev–Trinajstić information content (AvgIpc) is 2.16. The van der Waals surface area contributed by atoms with E-state index in [-0.39, 0.29) is 6.42 Å². The molecule has 2 N–H and O–H groups in total. The van der Waals surface area contributed by atoms with Crippen LogP contribution in [-0.4, -0.2) is 17.1 Å². The monoisotopic (exact) mass is 261 g/mol. The fourth-order valence-electron chi connectivity index (χ4n) is 1.03. The van der Waals surface area contributed by atoms with Crippen LogP contribution in [0.25, 0.3) is 0 Å². The van der Waals surface area contributed by atoms with Gasteiger partial charge < -0.3 is 5.11 Å². The van der Waals surface area contributed by atoms with Crippen LogP contribution >= 0.6 is 15.9 Å². The van der Waals surface area contributed by atoms with Crippen molar-refractivity contribution in [2.24, 2.45) is 0 Å². The van der Waals surface area contributed by atoms with Gasteiger partial charge in [0.25, 0.3) is 0 Å². The number of benzene rings is 1. The van der Waals surface area contributed by atoms with Gasteiger partial charge >= 0.3 is 5.97 Å². The third-order valence-electron chi connectivity index (χ3n) is 1.78. The van der Waals surface area contributed by atoms with Gasteiger partial charge in [-0.2, -0.15) is 0 Å². The normalized spacial score (nSPS) is 12.4. The Hall–Kier alpha value is -0.940. The molecule has 0 aliphatic heterocycles. The molecule has 0 aliphatic carbocycles. The van der Waals surface area contributed by atoms with Crippen molar-refractivity contribution in [2.75, 3.05) is 0 Å². The van der Waals surface area contributed by atoms with Gasteiger partial charge in [-0.1, -0.05) is 28.1 Å². The molecule has 0 spiro atoms. The molecule has 0 heterocycles. The lowest BCUT2D eigenvalue weighted by Crippen LogP contribution is -2.33. The summed E-state index contributed by atoms with van der Waals surface area (Å²) in [5.74, 6) is -1.20. The van der Waals surface area contributed by atoms with Crippen molar-refractivity contribution in [1.29, 1.82) is 0 Å². The number of nitrogens with one attached hydrogen (secondary N) is 1. The second-order valence-corrected chi connectivity index (χ2v) is 3.75. The van der Waals surface area contributed by atoms with E-state index >= 15 is 0 Å². The first-order valence-corrected chi connectivity index (χ1v) is 4.76. The molecule has 1 atom stereocenters. The Balaban J connectivity index is 2.67. The maximum absolute atomic E-state index is 12.0. The van der Waals surface area contributed by atoms with E-state index in [1.807, 2.05) is 0 Å². The van der Waals surface area contributed by atoms with Gasteiger partial charge in [0.15, 0.2) is 0 Å². The number of aliphatic carboxylic acids is 1. The molecule has 0 saturated carbocycles. The van der Waals surface area contributed by atoms with Crippen LogP contribution in [0, 0.1) is 0 Å². The summed E-state index contributed by atoms with van der Waals surface area (Å²) in [6.45, 7) is 0. The van der Waals surface area contributed by atoms with Crippen LogP contribution in [0.4, 0.5) is 4.48 Å². The summed E-state index contributed by atoms with van der Waals surface area (Å²) < 4.78 is 12.9. The number of carbonyl (C=O) groups is 1. The summed E-state index contributed by atoms with van der Waals surface area (Å²) in [5, 5.41) is 8.58. The summed E-state index contributed by atoms with van der Waals surface area (Å²) in [6.07, 6.45) is 0.124. The molecular weight excluding hydrogens is 253 g/mol. The van der Waals surface area contributed by atoms with Crippen molar-refractivity contribution in [1.82, 2.24) is 5.54 Å². The molecule has 0 amide bonds. The standard InChI is InChI=1S/C9H9BrFNO2/c10-7-3-1-6(2-4-7)5-8(12-11)9(13)14/h1-4,8,12H,5H2,(H,13,14). The summed E-state index contributed by atoms with van der Waals surface area (Å²) in [5.41, 5.74) is 2.02. The fraction of sp³-hybridized carbons (Fsp3) is 0.222. The second kappa shape index (κ2) is 5.07. The fourth-order valence-corrected chi connectivity index (χ4v) is 1.29.